The van der Waals surface area contributed by atoms with Crippen LogP contribution in [0.25, 0.3) is 11.1 Å². The van der Waals surface area contributed by atoms with Crippen LogP contribution in [-0.2, 0) is 5.60 Å². The van der Waals surface area contributed by atoms with Crippen LogP contribution in [-0.4, -0.2) is 23.4 Å². The van der Waals surface area contributed by atoms with Gasteiger partial charge in [0.1, 0.15) is 5.82 Å². The topological polar surface area (TPSA) is 49.3 Å². The molecule has 1 atom stereocenters. The van der Waals surface area contributed by atoms with E-state index < -0.39 is 46.8 Å². The molecule has 0 saturated carbocycles. The Labute approximate surface area is 196 Å². The number of alkyl halides is 6. The molecule has 35 heavy (non-hydrogen) atoms. The Morgan fingerprint density at radius 1 is 0.829 bits per heavy atom. The fraction of sp³-hybridized carbons (Fsp3) is 0.240. The molecular weight excluding hydrogens is 479 g/mol. The van der Waals surface area contributed by atoms with Crippen molar-refractivity contribution in [3.05, 3.63) is 94.8 Å². The molecule has 10 heteroatoms. The van der Waals surface area contributed by atoms with E-state index in [4.69, 9.17) is 0 Å². The van der Waals surface area contributed by atoms with Gasteiger partial charge in [-0.2, -0.15) is 26.3 Å². The fourth-order valence-electron chi connectivity index (χ4n) is 3.48. The van der Waals surface area contributed by atoms with E-state index in [2.05, 4.69) is 5.32 Å². The molecule has 3 aromatic carbocycles. The minimum Gasteiger partial charge on any atom is -0.369 e. The summed E-state index contributed by atoms with van der Waals surface area (Å²) in [5.74, 6) is -1.51. The van der Waals surface area contributed by atoms with Crippen molar-refractivity contribution in [1.82, 2.24) is 5.32 Å². The molecule has 1 amide bonds. The van der Waals surface area contributed by atoms with Crippen LogP contribution >= 0.6 is 0 Å². The first-order valence-electron chi connectivity index (χ1n) is 10.3. The smallest absolute Gasteiger partial charge is 0.369 e. The molecule has 3 nitrogen and oxygen atoms in total. The molecule has 0 spiro atoms. The number of benzene rings is 3. The second-order valence-electron chi connectivity index (χ2n) is 8.12. The molecule has 0 bridgehead atoms. The average Bonchev–Trinajstić information content (AvgIpc) is 2.77. The van der Waals surface area contributed by atoms with E-state index >= 15 is 0 Å². The molecule has 0 fully saturated rings. The summed E-state index contributed by atoms with van der Waals surface area (Å²) in [6, 6.07) is 12.5. The lowest BCUT2D eigenvalue weighted by Crippen LogP contribution is -2.54. The maximum Gasteiger partial charge on any atom is 0.430 e. The summed E-state index contributed by atoms with van der Waals surface area (Å²) < 4.78 is 94.6. The third-order valence-corrected chi connectivity index (χ3v) is 5.54. The van der Waals surface area contributed by atoms with Crippen molar-refractivity contribution in [2.45, 2.75) is 37.8 Å². The van der Waals surface area contributed by atoms with E-state index in [1.807, 2.05) is 0 Å². The standard InChI is InChI=1S/C25H20F7NO2/c1-14-3-5-17(6-4-14)18-11-19(22(34)33-15(2)16-7-9-21(26)10-8-16)13-20(12-18)23(35,24(27,28)29)25(30,31)32/h3-13,15,35H,1-2H3,(H,33,34)/t15-/m1/s1. The van der Waals surface area contributed by atoms with Gasteiger partial charge in [0.25, 0.3) is 11.5 Å². The average molecular weight is 499 g/mol. The SMILES string of the molecule is Cc1ccc(-c2cc(C(=O)N[C@H](C)c3ccc(F)cc3)cc(C(O)(C(F)(F)F)C(F)(F)F)c2)cc1. The van der Waals surface area contributed by atoms with E-state index in [0.29, 0.717) is 17.7 Å². The molecule has 0 aliphatic rings. The highest BCUT2D eigenvalue weighted by molar-refractivity contribution is 5.96. The Kier molecular flexibility index (Phi) is 6.99. The Bertz CT molecular complexity index is 1190. The number of halogens is 7. The molecule has 0 aliphatic heterocycles. The zero-order chi connectivity index (χ0) is 26.2. The van der Waals surface area contributed by atoms with E-state index in [9.17, 15) is 40.6 Å². The normalized spacial score (nSPS) is 13.4. The van der Waals surface area contributed by atoms with Crippen LogP contribution in [0.15, 0.2) is 66.7 Å². The fourth-order valence-corrected chi connectivity index (χ4v) is 3.48. The van der Waals surface area contributed by atoms with E-state index in [0.717, 1.165) is 23.8 Å². The summed E-state index contributed by atoms with van der Waals surface area (Å²) in [7, 11) is 0. The van der Waals surface area contributed by atoms with Crippen molar-refractivity contribution in [3.8, 4) is 11.1 Å². The number of amides is 1. The van der Waals surface area contributed by atoms with Crippen LogP contribution in [0.4, 0.5) is 30.7 Å². The first kappa shape index (κ1) is 26.2. The van der Waals surface area contributed by atoms with Gasteiger partial charge in [-0.15, -0.1) is 0 Å². The summed E-state index contributed by atoms with van der Waals surface area (Å²) in [5.41, 5.74) is -5.93. The molecule has 0 radical (unpaired) electrons. The highest BCUT2D eigenvalue weighted by Crippen LogP contribution is 2.50. The second-order valence-corrected chi connectivity index (χ2v) is 8.12. The van der Waals surface area contributed by atoms with Gasteiger partial charge in [0.15, 0.2) is 0 Å². The largest absolute Gasteiger partial charge is 0.430 e. The number of hydrogen-bond donors (Lipinski definition) is 2. The zero-order valence-electron chi connectivity index (χ0n) is 18.4. The van der Waals surface area contributed by atoms with Gasteiger partial charge in [-0.1, -0.05) is 42.0 Å². The number of hydrogen-bond acceptors (Lipinski definition) is 2. The lowest BCUT2D eigenvalue weighted by Gasteiger charge is -2.33. The van der Waals surface area contributed by atoms with Crippen molar-refractivity contribution in [1.29, 1.82) is 0 Å². The van der Waals surface area contributed by atoms with Gasteiger partial charge in [0.05, 0.1) is 6.04 Å². The lowest BCUT2D eigenvalue weighted by atomic mass is 9.87. The summed E-state index contributed by atoms with van der Waals surface area (Å²) in [6.07, 6.45) is -12.2. The lowest BCUT2D eigenvalue weighted by molar-refractivity contribution is -0.376. The molecule has 0 saturated heterocycles. The van der Waals surface area contributed by atoms with E-state index in [-0.39, 0.29) is 11.1 Å². The molecule has 0 heterocycles. The Hall–Kier alpha value is -3.40. The van der Waals surface area contributed by atoms with E-state index in [1.54, 1.807) is 19.1 Å². The number of carbonyl (C=O) groups excluding carboxylic acids is 1. The van der Waals surface area contributed by atoms with E-state index in [1.165, 1.54) is 31.2 Å². The Morgan fingerprint density at radius 3 is 1.89 bits per heavy atom. The van der Waals surface area contributed by atoms with Gasteiger partial charge < -0.3 is 10.4 Å². The summed E-state index contributed by atoms with van der Waals surface area (Å²) >= 11 is 0. The van der Waals surface area contributed by atoms with Gasteiger partial charge >= 0.3 is 12.4 Å². The van der Waals surface area contributed by atoms with Crippen molar-refractivity contribution in [3.63, 3.8) is 0 Å². The van der Waals surface area contributed by atoms with Crippen molar-refractivity contribution >= 4 is 5.91 Å². The number of rotatable bonds is 5. The molecule has 0 aliphatic carbocycles. The van der Waals surface area contributed by atoms with Crippen LogP contribution in [0.1, 0.15) is 40.0 Å². The van der Waals surface area contributed by atoms with Crippen molar-refractivity contribution in [2.24, 2.45) is 0 Å². The number of aliphatic hydroxyl groups is 1. The minimum atomic E-state index is -6.12. The summed E-state index contributed by atoms with van der Waals surface area (Å²) in [4.78, 5) is 12.9. The predicted octanol–water partition coefficient (Wildman–Crippen LogP) is 6.60. The number of aryl methyl sites for hydroxylation is 1. The number of nitrogens with one attached hydrogen (secondary N) is 1. The third-order valence-electron chi connectivity index (χ3n) is 5.54. The molecule has 3 aromatic rings. The molecule has 0 aromatic heterocycles. The molecule has 186 valence electrons. The van der Waals surface area contributed by atoms with Crippen molar-refractivity contribution in [2.75, 3.05) is 0 Å². The second kappa shape index (κ2) is 9.33. The first-order valence-corrected chi connectivity index (χ1v) is 10.3. The molecule has 2 N–H and O–H groups in total. The van der Waals surface area contributed by atoms with Crippen LogP contribution < -0.4 is 5.32 Å². The Balaban J connectivity index is 2.13. The quantitative estimate of drug-likeness (QED) is 0.389. The minimum absolute atomic E-state index is 0.131. The zero-order valence-corrected chi connectivity index (χ0v) is 18.4. The van der Waals surface area contributed by atoms with Gasteiger partial charge in [-0.3, -0.25) is 4.79 Å². The monoisotopic (exact) mass is 499 g/mol. The van der Waals surface area contributed by atoms with Gasteiger partial charge in [0, 0.05) is 11.1 Å². The van der Waals surface area contributed by atoms with Crippen LogP contribution in [0.3, 0.4) is 0 Å². The maximum absolute atomic E-state index is 13.6. The van der Waals surface area contributed by atoms with Gasteiger partial charge in [0.2, 0.25) is 0 Å². The predicted molar refractivity (Wildman–Crippen MR) is 115 cm³/mol. The van der Waals surface area contributed by atoms with Gasteiger partial charge in [-0.05, 0) is 60.9 Å². The molecule has 3 rings (SSSR count). The molecule has 0 unspecified atom stereocenters. The van der Waals surface area contributed by atoms with Crippen LogP contribution in [0, 0.1) is 12.7 Å². The Morgan fingerprint density at radius 2 is 1.37 bits per heavy atom. The highest BCUT2D eigenvalue weighted by atomic mass is 19.4. The summed E-state index contributed by atoms with van der Waals surface area (Å²) in [5, 5.41) is 12.4. The van der Waals surface area contributed by atoms with Gasteiger partial charge in [-0.25, -0.2) is 4.39 Å². The van der Waals surface area contributed by atoms with Crippen LogP contribution in [0.2, 0.25) is 0 Å². The molecular formula is C25H20F7NO2. The van der Waals surface area contributed by atoms with Crippen LogP contribution in [0.5, 0.6) is 0 Å². The highest BCUT2D eigenvalue weighted by Gasteiger charge is 2.71. The summed E-state index contributed by atoms with van der Waals surface area (Å²) in [6.45, 7) is 3.25. The maximum atomic E-state index is 13.6. The number of carbonyl (C=O) groups is 1. The third kappa shape index (κ3) is 5.32. The van der Waals surface area contributed by atoms with Crippen molar-refractivity contribution < 1.29 is 40.6 Å². The first-order chi connectivity index (χ1) is 16.1.